The molecule has 2 heterocycles. The van der Waals surface area contributed by atoms with Crippen molar-refractivity contribution in [2.45, 2.75) is 25.6 Å². The summed E-state index contributed by atoms with van der Waals surface area (Å²) in [6.07, 6.45) is 3.15. The van der Waals surface area contributed by atoms with Gasteiger partial charge in [-0.1, -0.05) is 0 Å². The second kappa shape index (κ2) is 6.20. The highest BCUT2D eigenvalue weighted by atomic mass is 79.9. The Morgan fingerprint density at radius 1 is 1.65 bits per heavy atom. The molecule has 1 saturated heterocycles. The number of hydrogen-bond donors (Lipinski definition) is 0. The lowest BCUT2D eigenvalue weighted by Gasteiger charge is -2.42. The van der Waals surface area contributed by atoms with Gasteiger partial charge in [-0.3, -0.25) is 9.78 Å². The van der Waals surface area contributed by atoms with E-state index in [4.69, 9.17) is 9.47 Å². The van der Waals surface area contributed by atoms with Crippen LogP contribution in [-0.4, -0.2) is 54.3 Å². The number of nitrogens with zero attached hydrogens (tertiary/aromatic N) is 2. The number of ether oxygens (including phenoxy) is 2. The fraction of sp³-hybridized carbons (Fsp3) is 0.571. The van der Waals surface area contributed by atoms with E-state index in [0.29, 0.717) is 29.7 Å². The summed E-state index contributed by atoms with van der Waals surface area (Å²) in [6, 6.07) is 1.72. The number of amides is 1. The van der Waals surface area contributed by atoms with Crippen molar-refractivity contribution in [3.05, 3.63) is 28.5 Å². The van der Waals surface area contributed by atoms with Crippen LogP contribution in [0.3, 0.4) is 0 Å². The van der Waals surface area contributed by atoms with E-state index in [1.165, 1.54) is 0 Å². The van der Waals surface area contributed by atoms with Crippen LogP contribution in [0, 0.1) is 0 Å². The lowest BCUT2D eigenvalue weighted by Crippen LogP contribution is -2.55. The van der Waals surface area contributed by atoms with Crippen LogP contribution in [0.15, 0.2) is 22.9 Å². The van der Waals surface area contributed by atoms with Crippen molar-refractivity contribution in [2.75, 3.05) is 26.8 Å². The van der Waals surface area contributed by atoms with Crippen LogP contribution < -0.4 is 0 Å². The van der Waals surface area contributed by atoms with Crippen molar-refractivity contribution in [1.82, 2.24) is 9.88 Å². The number of halogens is 1. The van der Waals surface area contributed by atoms with Gasteiger partial charge in [-0.25, -0.2) is 0 Å². The minimum absolute atomic E-state index is 0.0169. The number of morpholine rings is 1. The first-order chi connectivity index (χ1) is 9.43. The second-order valence-corrected chi connectivity index (χ2v) is 6.35. The fourth-order valence-corrected chi connectivity index (χ4v) is 2.86. The summed E-state index contributed by atoms with van der Waals surface area (Å²) in [7, 11) is 1.64. The van der Waals surface area contributed by atoms with Gasteiger partial charge in [0.05, 0.1) is 23.9 Å². The maximum Gasteiger partial charge on any atom is 0.255 e. The highest BCUT2D eigenvalue weighted by Gasteiger charge is 2.36. The Balaban J connectivity index is 2.18. The summed E-state index contributed by atoms with van der Waals surface area (Å²) < 4.78 is 11.8. The Bertz CT molecular complexity index is 493. The number of carbonyl (C=O) groups excluding carboxylic acids is 1. The summed E-state index contributed by atoms with van der Waals surface area (Å²) in [5, 5.41) is 0. The Kier molecular flexibility index (Phi) is 4.78. The third-order valence-electron chi connectivity index (χ3n) is 3.12. The Morgan fingerprint density at radius 2 is 2.40 bits per heavy atom. The van der Waals surface area contributed by atoms with Crippen LogP contribution in [0.1, 0.15) is 24.2 Å². The fourth-order valence-electron chi connectivity index (χ4n) is 2.44. The molecule has 1 unspecified atom stereocenters. The van der Waals surface area contributed by atoms with Crippen LogP contribution >= 0.6 is 15.9 Å². The van der Waals surface area contributed by atoms with Gasteiger partial charge in [0.2, 0.25) is 0 Å². The van der Waals surface area contributed by atoms with Crippen molar-refractivity contribution >= 4 is 21.8 Å². The van der Waals surface area contributed by atoms with Gasteiger partial charge >= 0.3 is 0 Å². The zero-order chi connectivity index (χ0) is 14.8. The first-order valence-corrected chi connectivity index (χ1v) is 7.28. The normalized spacial score (nSPS) is 21.8. The number of methoxy groups -OCH3 is 1. The van der Waals surface area contributed by atoms with Gasteiger partial charge in [0.15, 0.2) is 0 Å². The summed E-state index contributed by atoms with van der Waals surface area (Å²) in [5.41, 5.74) is 0.241. The van der Waals surface area contributed by atoms with Crippen LogP contribution in [-0.2, 0) is 9.47 Å². The molecule has 1 fully saturated rings. The molecular formula is C14H19BrN2O3. The first kappa shape index (κ1) is 15.4. The molecule has 1 aromatic rings. The van der Waals surface area contributed by atoms with Crippen molar-refractivity contribution in [3.63, 3.8) is 0 Å². The quantitative estimate of drug-likeness (QED) is 0.844. The molecule has 0 radical (unpaired) electrons. The molecule has 1 atom stereocenters. The third kappa shape index (κ3) is 3.56. The molecule has 2 rings (SSSR count). The van der Waals surface area contributed by atoms with Crippen LogP contribution in [0.25, 0.3) is 0 Å². The van der Waals surface area contributed by atoms with Gasteiger partial charge in [0.1, 0.15) is 0 Å². The molecule has 0 N–H and O–H groups in total. The van der Waals surface area contributed by atoms with Crippen LogP contribution in [0.5, 0.6) is 0 Å². The minimum atomic E-state index is -0.378. The molecule has 0 aliphatic carbocycles. The molecular weight excluding hydrogens is 324 g/mol. The molecule has 1 aromatic heterocycles. The Morgan fingerprint density at radius 3 is 3.05 bits per heavy atom. The number of hydrogen-bond acceptors (Lipinski definition) is 4. The van der Waals surface area contributed by atoms with Gasteiger partial charge in [-0.2, -0.15) is 0 Å². The molecule has 0 bridgehead atoms. The number of rotatable bonds is 3. The molecule has 20 heavy (non-hydrogen) atoms. The van der Waals surface area contributed by atoms with Gasteiger partial charge in [0.25, 0.3) is 5.91 Å². The molecule has 6 heteroatoms. The Labute approximate surface area is 127 Å². The molecule has 0 saturated carbocycles. The summed E-state index contributed by atoms with van der Waals surface area (Å²) in [6.45, 7) is 5.53. The van der Waals surface area contributed by atoms with E-state index < -0.39 is 0 Å². The maximum atomic E-state index is 12.6. The molecule has 0 aromatic carbocycles. The smallest absolute Gasteiger partial charge is 0.255 e. The maximum absolute atomic E-state index is 12.6. The lowest BCUT2D eigenvalue weighted by atomic mass is 10.0. The highest BCUT2D eigenvalue weighted by Crippen LogP contribution is 2.24. The van der Waals surface area contributed by atoms with E-state index in [-0.39, 0.29) is 17.6 Å². The third-order valence-corrected chi connectivity index (χ3v) is 3.76. The van der Waals surface area contributed by atoms with Crippen molar-refractivity contribution in [1.29, 1.82) is 0 Å². The van der Waals surface area contributed by atoms with Crippen LogP contribution in [0.2, 0.25) is 0 Å². The van der Waals surface area contributed by atoms with Crippen molar-refractivity contribution in [3.8, 4) is 0 Å². The summed E-state index contributed by atoms with van der Waals surface area (Å²) in [4.78, 5) is 18.4. The standard InChI is InChI=1S/C14H19BrN2O3/c1-14(2)9-17(7-10(20-14)8-19-3)13(18)11-4-5-16-6-12(11)15/h4-6,10H,7-9H2,1-3H3. The number of carbonyl (C=O) groups is 1. The average molecular weight is 343 g/mol. The highest BCUT2D eigenvalue weighted by molar-refractivity contribution is 9.10. The lowest BCUT2D eigenvalue weighted by molar-refractivity contribution is -0.143. The predicted molar refractivity (Wildman–Crippen MR) is 78.7 cm³/mol. The molecule has 1 aliphatic heterocycles. The van der Waals surface area contributed by atoms with E-state index in [1.54, 1.807) is 25.6 Å². The molecule has 1 aliphatic rings. The largest absolute Gasteiger partial charge is 0.382 e. The second-order valence-electron chi connectivity index (χ2n) is 5.50. The minimum Gasteiger partial charge on any atom is -0.382 e. The van der Waals surface area contributed by atoms with E-state index in [1.807, 2.05) is 18.7 Å². The van der Waals surface area contributed by atoms with E-state index in [2.05, 4.69) is 20.9 Å². The molecule has 110 valence electrons. The topological polar surface area (TPSA) is 51.7 Å². The average Bonchev–Trinajstić information content (AvgIpc) is 2.37. The van der Waals surface area contributed by atoms with E-state index in [0.717, 1.165) is 0 Å². The molecule has 1 amide bonds. The van der Waals surface area contributed by atoms with E-state index >= 15 is 0 Å². The molecule has 0 spiro atoms. The number of pyridine rings is 1. The van der Waals surface area contributed by atoms with Gasteiger partial charge in [-0.05, 0) is 35.8 Å². The number of aromatic nitrogens is 1. The van der Waals surface area contributed by atoms with Crippen molar-refractivity contribution < 1.29 is 14.3 Å². The van der Waals surface area contributed by atoms with Crippen molar-refractivity contribution in [2.24, 2.45) is 0 Å². The summed E-state index contributed by atoms with van der Waals surface area (Å²) >= 11 is 3.37. The summed E-state index contributed by atoms with van der Waals surface area (Å²) in [5.74, 6) is -0.0169. The first-order valence-electron chi connectivity index (χ1n) is 6.48. The van der Waals surface area contributed by atoms with E-state index in [9.17, 15) is 4.79 Å². The zero-order valence-corrected chi connectivity index (χ0v) is 13.5. The molecule has 5 nitrogen and oxygen atoms in total. The monoisotopic (exact) mass is 342 g/mol. The van der Waals surface area contributed by atoms with Gasteiger partial charge in [-0.15, -0.1) is 0 Å². The van der Waals surface area contributed by atoms with Crippen LogP contribution in [0.4, 0.5) is 0 Å². The SMILES string of the molecule is COCC1CN(C(=O)c2ccncc2Br)CC(C)(C)O1. The predicted octanol–water partition coefficient (Wildman–Crippen LogP) is 2.11. The zero-order valence-electron chi connectivity index (χ0n) is 11.9. The Hall–Kier alpha value is -0.980. The van der Waals surface area contributed by atoms with Gasteiger partial charge in [0, 0.05) is 37.1 Å². The van der Waals surface area contributed by atoms with Gasteiger partial charge < -0.3 is 14.4 Å².